The molecule has 0 aliphatic rings. The Morgan fingerprint density at radius 2 is 1.79 bits per heavy atom. The quantitative estimate of drug-likeness (QED) is 0.652. The predicted octanol–water partition coefficient (Wildman–Crippen LogP) is 4.84. The average Bonchev–Trinajstić information content (AvgIpc) is 2.34. The van der Waals surface area contributed by atoms with Crippen LogP contribution in [0.1, 0.15) is 0 Å². The minimum Gasteiger partial charge on any atom is -0.308 e. The first-order valence-electron chi connectivity index (χ1n) is 5.33. The van der Waals surface area contributed by atoms with E-state index in [1.54, 1.807) is 18.2 Å². The van der Waals surface area contributed by atoms with Crippen LogP contribution >= 0.6 is 38.5 Å². The maximum atomic E-state index is 13.0. The van der Waals surface area contributed by atoms with E-state index in [-0.39, 0.29) is 0 Å². The Bertz CT molecular complexity index is 621. The highest BCUT2D eigenvalue weighted by atomic mass is 127. The number of hydrogen-bond acceptors (Lipinski definition) is 1. The normalized spacial score (nSPS) is 10.1. The van der Waals surface area contributed by atoms with E-state index in [2.05, 4.69) is 49.2 Å². The zero-order chi connectivity index (χ0) is 13.8. The highest BCUT2D eigenvalue weighted by molar-refractivity contribution is 14.1. The van der Waals surface area contributed by atoms with Crippen LogP contribution in [0.5, 0.6) is 0 Å². The van der Waals surface area contributed by atoms with E-state index in [1.165, 1.54) is 18.2 Å². The summed E-state index contributed by atoms with van der Waals surface area (Å²) in [6.07, 6.45) is 0. The summed E-state index contributed by atoms with van der Waals surface area (Å²) in [5.41, 5.74) is 1.06. The van der Waals surface area contributed by atoms with Gasteiger partial charge in [-0.2, -0.15) is 0 Å². The fourth-order valence-electron chi connectivity index (χ4n) is 1.43. The van der Waals surface area contributed by atoms with Gasteiger partial charge in [-0.3, -0.25) is 0 Å². The Morgan fingerprint density at radius 1 is 1.11 bits per heavy atom. The van der Waals surface area contributed by atoms with Gasteiger partial charge in [0, 0.05) is 19.4 Å². The Hall–Kier alpha value is -1.15. The van der Waals surface area contributed by atoms with Gasteiger partial charge in [0.05, 0.1) is 0 Å². The van der Waals surface area contributed by atoms with Crippen molar-refractivity contribution in [1.82, 2.24) is 0 Å². The molecular weight excluding hydrogens is 426 g/mol. The van der Waals surface area contributed by atoms with Crippen LogP contribution in [0.4, 0.5) is 20.6 Å². The van der Waals surface area contributed by atoms with Crippen LogP contribution in [0.3, 0.4) is 0 Å². The minimum absolute atomic E-state index is 0.394. The molecule has 2 rings (SSSR count). The molecule has 19 heavy (non-hydrogen) atoms. The number of carbonyl (C=O) groups is 1. The Morgan fingerprint density at radius 3 is 2.42 bits per heavy atom. The number of urea groups is 1. The molecular formula is C13H9BrFIN2O. The number of amides is 2. The standard InChI is InChI=1S/C13H9BrFIN2O/c14-11-7-10(4-5-12(11)16)18-13(19)17-9-3-1-2-8(15)6-9/h1-7H,(H2,17,18,19). The van der Waals surface area contributed by atoms with Crippen LogP contribution in [0.15, 0.2) is 46.9 Å². The summed E-state index contributed by atoms with van der Waals surface area (Å²) in [5.74, 6) is -0.394. The number of halogens is 3. The molecule has 2 N–H and O–H groups in total. The summed E-state index contributed by atoms with van der Waals surface area (Å²) in [6, 6.07) is 10.8. The highest BCUT2D eigenvalue weighted by Crippen LogP contribution is 2.23. The van der Waals surface area contributed by atoms with Crippen LogP contribution in [-0.4, -0.2) is 6.03 Å². The smallest absolute Gasteiger partial charge is 0.308 e. The molecule has 0 atom stereocenters. The molecule has 0 aliphatic carbocycles. The van der Waals surface area contributed by atoms with Crippen molar-refractivity contribution in [3.8, 4) is 0 Å². The fourth-order valence-corrected chi connectivity index (χ4v) is 2.15. The second kappa shape index (κ2) is 6.33. The molecule has 6 heteroatoms. The summed E-state index contributed by atoms with van der Waals surface area (Å²) in [6.45, 7) is 0. The average molecular weight is 435 g/mol. The first-order valence-corrected chi connectivity index (χ1v) is 7.20. The first-order chi connectivity index (χ1) is 9.04. The van der Waals surface area contributed by atoms with E-state index in [9.17, 15) is 9.18 Å². The Labute approximate surface area is 131 Å². The van der Waals surface area contributed by atoms with Crippen molar-refractivity contribution in [2.45, 2.75) is 0 Å². The number of anilines is 2. The third kappa shape index (κ3) is 4.17. The Kier molecular flexibility index (Phi) is 4.76. The van der Waals surface area contributed by atoms with Crippen molar-refractivity contribution in [1.29, 1.82) is 0 Å². The number of carbonyl (C=O) groups excluding carboxylic acids is 1. The number of benzene rings is 2. The third-order valence-electron chi connectivity index (χ3n) is 2.26. The molecule has 0 bridgehead atoms. The van der Waals surface area contributed by atoms with Crippen LogP contribution < -0.4 is 10.6 Å². The molecule has 98 valence electrons. The monoisotopic (exact) mass is 434 g/mol. The second-order valence-electron chi connectivity index (χ2n) is 3.72. The molecule has 0 spiro atoms. The summed E-state index contributed by atoms with van der Waals surface area (Å²) >= 11 is 5.56. The number of rotatable bonds is 2. The van der Waals surface area contributed by atoms with Crippen molar-refractivity contribution in [2.75, 3.05) is 10.6 Å². The maximum Gasteiger partial charge on any atom is 0.323 e. The van der Waals surface area contributed by atoms with E-state index in [1.807, 2.05) is 6.07 Å². The van der Waals surface area contributed by atoms with Crippen molar-refractivity contribution in [3.63, 3.8) is 0 Å². The Balaban J connectivity index is 2.03. The van der Waals surface area contributed by atoms with E-state index in [4.69, 9.17) is 0 Å². The fraction of sp³-hybridized carbons (Fsp3) is 0. The van der Waals surface area contributed by atoms with E-state index in [0.717, 1.165) is 8.04 Å². The van der Waals surface area contributed by atoms with Crippen molar-refractivity contribution in [3.05, 3.63) is 56.3 Å². The van der Waals surface area contributed by atoms with Crippen molar-refractivity contribution >= 4 is 55.9 Å². The van der Waals surface area contributed by atoms with Crippen molar-refractivity contribution < 1.29 is 9.18 Å². The second-order valence-corrected chi connectivity index (χ2v) is 5.73. The van der Waals surface area contributed by atoms with E-state index in [0.29, 0.717) is 11.4 Å². The molecule has 2 aromatic rings. The van der Waals surface area contributed by atoms with Gasteiger partial charge < -0.3 is 10.6 Å². The molecule has 0 radical (unpaired) electrons. The van der Waals surface area contributed by atoms with Gasteiger partial charge in [0.1, 0.15) is 5.82 Å². The molecule has 0 aliphatic heterocycles. The van der Waals surface area contributed by atoms with Gasteiger partial charge in [-0.25, -0.2) is 9.18 Å². The summed E-state index contributed by atoms with van der Waals surface area (Å²) in [5, 5.41) is 5.23. The minimum atomic E-state index is -0.418. The van der Waals surface area contributed by atoms with E-state index < -0.39 is 11.8 Å². The molecule has 0 saturated heterocycles. The predicted molar refractivity (Wildman–Crippen MR) is 85.9 cm³/mol. The number of hydrogen-bond donors (Lipinski definition) is 2. The van der Waals surface area contributed by atoms with Gasteiger partial charge in [-0.1, -0.05) is 6.07 Å². The lowest BCUT2D eigenvalue weighted by Gasteiger charge is -2.08. The summed E-state index contributed by atoms with van der Waals surface area (Å²) in [4.78, 5) is 11.7. The summed E-state index contributed by atoms with van der Waals surface area (Å²) in [7, 11) is 0. The van der Waals surface area contributed by atoms with Gasteiger partial charge in [0.2, 0.25) is 0 Å². The van der Waals surface area contributed by atoms with Crippen LogP contribution in [0, 0.1) is 9.39 Å². The maximum absolute atomic E-state index is 13.0. The SMILES string of the molecule is O=C(Nc1cccc(F)c1)Nc1ccc(I)c(Br)c1. The lowest BCUT2D eigenvalue weighted by molar-refractivity contribution is 0.262. The molecule has 2 amide bonds. The molecule has 0 unspecified atom stereocenters. The van der Waals surface area contributed by atoms with Gasteiger partial charge >= 0.3 is 6.03 Å². The van der Waals surface area contributed by atoms with Crippen LogP contribution in [-0.2, 0) is 0 Å². The van der Waals surface area contributed by atoms with Gasteiger partial charge in [-0.05, 0) is 74.9 Å². The zero-order valence-electron chi connectivity index (χ0n) is 9.58. The largest absolute Gasteiger partial charge is 0.323 e. The third-order valence-corrected chi connectivity index (χ3v) is 4.60. The first kappa shape index (κ1) is 14.3. The van der Waals surface area contributed by atoms with Crippen LogP contribution in [0.2, 0.25) is 0 Å². The zero-order valence-corrected chi connectivity index (χ0v) is 13.3. The highest BCUT2D eigenvalue weighted by Gasteiger charge is 2.05. The topological polar surface area (TPSA) is 41.1 Å². The van der Waals surface area contributed by atoms with Crippen molar-refractivity contribution in [2.24, 2.45) is 0 Å². The molecule has 0 heterocycles. The molecule has 3 nitrogen and oxygen atoms in total. The molecule has 2 aromatic carbocycles. The lowest BCUT2D eigenvalue weighted by Crippen LogP contribution is -2.19. The van der Waals surface area contributed by atoms with Gasteiger partial charge in [0.25, 0.3) is 0 Å². The lowest BCUT2D eigenvalue weighted by atomic mass is 10.3. The molecule has 0 fully saturated rings. The van der Waals surface area contributed by atoms with Crippen LogP contribution in [0.25, 0.3) is 0 Å². The summed E-state index contributed by atoms with van der Waals surface area (Å²) < 4.78 is 14.9. The van der Waals surface area contributed by atoms with Gasteiger partial charge in [0.15, 0.2) is 0 Å². The number of nitrogens with one attached hydrogen (secondary N) is 2. The van der Waals surface area contributed by atoms with E-state index >= 15 is 0 Å². The van der Waals surface area contributed by atoms with Gasteiger partial charge in [-0.15, -0.1) is 0 Å². The molecule has 0 aromatic heterocycles. The molecule has 0 saturated carbocycles.